The van der Waals surface area contributed by atoms with Crippen LogP contribution in [0.1, 0.15) is 25.0 Å². The quantitative estimate of drug-likeness (QED) is 0.374. The van der Waals surface area contributed by atoms with Gasteiger partial charge in [-0.25, -0.2) is 0 Å². The minimum atomic E-state index is -0.306. The lowest BCUT2D eigenvalue weighted by atomic mass is 10.2. The molecule has 0 bridgehead atoms. The number of hydrogen-bond donors (Lipinski definition) is 0. The van der Waals surface area contributed by atoms with Gasteiger partial charge in [-0.15, -0.1) is 0 Å². The van der Waals surface area contributed by atoms with Crippen LogP contribution in [0.3, 0.4) is 0 Å². The van der Waals surface area contributed by atoms with Gasteiger partial charge in [0.25, 0.3) is 11.1 Å². The van der Waals surface area contributed by atoms with Crippen LogP contribution in [0.15, 0.2) is 39.7 Å². The van der Waals surface area contributed by atoms with Crippen molar-refractivity contribution in [2.45, 2.75) is 26.5 Å². The number of thioether (sulfide) groups is 1. The van der Waals surface area contributed by atoms with Crippen LogP contribution in [0, 0.1) is 0 Å². The van der Waals surface area contributed by atoms with Gasteiger partial charge >= 0.3 is 0 Å². The number of benzene rings is 2. The summed E-state index contributed by atoms with van der Waals surface area (Å²) in [5.41, 5.74) is 1.44. The van der Waals surface area contributed by atoms with Crippen LogP contribution in [-0.4, -0.2) is 22.1 Å². The number of carbonyl (C=O) groups is 2. The van der Waals surface area contributed by atoms with E-state index in [9.17, 15) is 9.59 Å². The molecule has 1 aliphatic rings. The van der Waals surface area contributed by atoms with Crippen molar-refractivity contribution in [3.8, 4) is 5.75 Å². The smallest absolute Gasteiger partial charge is 0.293 e. The number of carbonyl (C=O) groups excluding carboxylic acids is 2. The molecule has 3 rings (SSSR count). The number of nitrogens with zero attached hydrogens (tertiary/aromatic N) is 1. The number of ether oxygens (including phenoxy) is 1. The van der Waals surface area contributed by atoms with Crippen molar-refractivity contribution in [1.82, 2.24) is 4.90 Å². The Balaban J connectivity index is 1.81. The molecule has 0 aromatic heterocycles. The van der Waals surface area contributed by atoms with E-state index in [-0.39, 0.29) is 23.8 Å². The molecule has 0 aliphatic carbocycles. The van der Waals surface area contributed by atoms with E-state index in [1.807, 2.05) is 0 Å². The van der Waals surface area contributed by atoms with Gasteiger partial charge < -0.3 is 4.74 Å². The lowest BCUT2D eigenvalue weighted by molar-refractivity contribution is -0.123. The fourth-order valence-corrected chi connectivity index (χ4v) is 5.08. The summed E-state index contributed by atoms with van der Waals surface area (Å²) >= 11 is 22.8. The Kier molecular flexibility index (Phi) is 7.23. The maximum Gasteiger partial charge on any atom is 0.293 e. The second-order valence-electron chi connectivity index (χ2n) is 6.48. The normalized spacial score (nSPS) is 15.7. The molecule has 0 N–H and O–H groups in total. The van der Waals surface area contributed by atoms with Crippen LogP contribution < -0.4 is 4.74 Å². The van der Waals surface area contributed by atoms with Crippen molar-refractivity contribution >= 4 is 79.7 Å². The van der Waals surface area contributed by atoms with Crippen LogP contribution in [-0.2, 0) is 11.4 Å². The molecule has 1 saturated heterocycles. The number of rotatable bonds is 5. The molecule has 1 heterocycles. The molecule has 0 unspecified atom stereocenters. The topological polar surface area (TPSA) is 46.6 Å². The van der Waals surface area contributed by atoms with E-state index in [1.54, 1.807) is 50.3 Å². The Morgan fingerprint density at radius 3 is 2.45 bits per heavy atom. The number of halogens is 4. The third kappa shape index (κ3) is 5.12. The zero-order valence-corrected chi connectivity index (χ0v) is 20.0. The van der Waals surface area contributed by atoms with Gasteiger partial charge in [-0.3, -0.25) is 14.5 Å². The van der Waals surface area contributed by atoms with Crippen LogP contribution in [0.25, 0.3) is 6.08 Å². The zero-order valence-electron chi connectivity index (χ0n) is 15.3. The molecule has 9 heteroatoms. The van der Waals surface area contributed by atoms with E-state index in [2.05, 4.69) is 15.9 Å². The van der Waals surface area contributed by atoms with Crippen LogP contribution in [0.2, 0.25) is 15.1 Å². The highest BCUT2D eigenvalue weighted by molar-refractivity contribution is 9.10. The van der Waals surface area contributed by atoms with Crippen molar-refractivity contribution in [2.75, 3.05) is 0 Å². The number of hydrogen-bond acceptors (Lipinski definition) is 4. The van der Waals surface area contributed by atoms with Crippen molar-refractivity contribution in [3.05, 3.63) is 65.9 Å². The predicted octanol–water partition coefficient (Wildman–Crippen LogP) is 7.43. The van der Waals surface area contributed by atoms with Crippen molar-refractivity contribution < 1.29 is 14.3 Å². The number of amides is 2. The summed E-state index contributed by atoms with van der Waals surface area (Å²) in [5, 5.41) is 1.13. The fourth-order valence-electron chi connectivity index (χ4n) is 2.67. The highest BCUT2D eigenvalue weighted by Crippen LogP contribution is 2.38. The Bertz CT molecular complexity index is 1000. The highest BCUT2D eigenvalue weighted by atomic mass is 79.9. The summed E-state index contributed by atoms with van der Waals surface area (Å²) in [7, 11) is 0. The van der Waals surface area contributed by atoms with Crippen molar-refractivity contribution in [3.63, 3.8) is 0 Å². The van der Waals surface area contributed by atoms with E-state index in [1.165, 1.54) is 4.90 Å². The second-order valence-corrected chi connectivity index (χ2v) is 9.58. The average molecular weight is 536 g/mol. The largest absolute Gasteiger partial charge is 0.486 e. The summed E-state index contributed by atoms with van der Waals surface area (Å²) in [5.74, 6) is 0.144. The van der Waals surface area contributed by atoms with E-state index < -0.39 is 0 Å². The van der Waals surface area contributed by atoms with E-state index in [0.717, 1.165) is 17.3 Å². The molecule has 0 spiro atoms. The monoisotopic (exact) mass is 533 g/mol. The van der Waals surface area contributed by atoms with Crippen LogP contribution in [0.4, 0.5) is 4.79 Å². The molecule has 0 atom stereocenters. The molecule has 2 aromatic rings. The molecular formula is C20H15BrCl3NO3S. The fraction of sp³-hybridized carbons (Fsp3) is 0.200. The lowest BCUT2D eigenvalue weighted by Crippen LogP contribution is -2.34. The summed E-state index contributed by atoms with van der Waals surface area (Å²) < 4.78 is 6.44. The summed E-state index contributed by atoms with van der Waals surface area (Å²) in [4.78, 5) is 26.1. The molecule has 2 aromatic carbocycles. The standard InChI is InChI=1S/C20H15BrCl3NO3S/c1-10(2)25-19(26)17(29-20(25)27)7-11-5-14(21)18(16(24)6-11)28-9-12-3-4-13(22)8-15(12)23/h3-8,10H,9H2,1-2H3/b17-7+. The molecule has 2 amide bonds. The maximum atomic E-state index is 12.4. The van der Waals surface area contributed by atoms with Crippen LogP contribution >= 0.6 is 62.5 Å². The van der Waals surface area contributed by atoms with Gasteiger partial charge in [-0.2, -0.15) is 0 Å². The third-order valence-corrected chi connectivity index (χ3v) is 6.39. The Hall–Kier alpha value is -1.18. The minimum Gasteiger partial charge on any atom is -0.486 e. The van der Waals surface area contributed by atoms with Gasteiger partial charge in [0.1, 0.15) is 6.61 Å². The maximum absolute atomic E-state index is 12.4. The van der Waals surface area contributed by atoms with Gasteiger partial charge in [0, 0.05) is 21.7 Å². The predicted molar refractivity (Wildman–Crippen MR) is 123 cm³/mol. The SMILES string of the molecule is CC(C)N1C(=O)S/C(=C/c2cc(Cl)c(OCc3ccc(Cl)cc3Cl)c(Br)c2)C1=O. The van der Waals surface area contributed by atoms with Gasteiger partial charge in [0.2, 0.25) is 0 Å². The number of imide groups is 1. The van der Waals surface area contributed by atoms with Gasteiger partial charge in [0.15, 0.2) is 5.75 Å². The first kappa shape index (κ1) is 22.5. The van der Waals surface area contributed by atoms with Crippen LogP contribution in [0.5, 0.6) is 5.75 Å². The lowest BCUT2D eigenvalue weighted by Gasteiger charge is -2.16. The van der Waals surface area contributed by atoms with Gasteiger partial charge in [0.05, 0.1) is 14.4 Å². The molecule has 152 valence electrons. The van der Waals surface area contributed by atoms with E-state index in [4.69, 9.17) is 39.5 Å². The van der Waals surface area contributed by atoms with Gasteiger partial charge in [-0.1, -0.05) is 40.9 Å². The molecule has 0 radical (unpaired) electrons. The van der Waals surface area contributed by atoms with Crippen molar-refractivity contribution in [2.24, 2.45) is 0 Å². The average Bonchev–Trinajstić information content (AvgIpc) is 2.89. The second kappa shape index (κ2) is 9.31. The molecule has 1 aliphatic heterocycles. The van der Waals surface area contributed by atoms with Crippen molar-refractivity contribution in [1.29, 1.82) is 0 Å². The molecule has 0 saturated carbocycles. The Morgan fingerprint density at radius 1 is 1.14 bits per heavy atom. The third-order valence-electron chi connectivity index (χ3n) is 4.05. The summed E-state index contributed by atoms with van der Waals surface area (Å²) in [6.45, 7) is 3.80. The molecule has 4 nitrogen and oxygen atoms in total. The zero-order chi connectivity index (χ0) is 21.3. The first-order valence-corrected chi connectivity index (χ1v) is 11.2. The summed E-state index contributed by atoms with van der Waals surface area (Å²) in [6, 6.07) is 8.41. The Labute approximate surface area is 196 Å². The molecule has 1 fully saturated rings. The first-order valence-electron chi connectivity index (χ1n) is 8.50. The summed E-state index contributed by atoms with van der Waals surface area (Å²) in [6.07, 6.45) is 1.64. The van der Waals surface area contributed by atoms with Gasteiger partial charge in [-0.05, 0) is 77.4 Å². The minimum absolute atomic E-state index is 0.195. The highest BCUT2D eigenvalue weighted by Gasteiger charge is 2.36. The van der Waals surface area contributed by atoms with E-state index in [0.29, 0.717) is 35.8 Å². The first-order chi connectivity index (χ1) is 13.7. The molecule has 29 heavy (non-hydrogen) atoms. The van der Waals surface area contributed by atoms with E-state index >= 15 is 0 Å². The molecular weight excluding hydrogens is 521 g/mol. The Morgan fingerprint density at radius 2 is 1.86 bits per heavy atom.